The summed E-state index contributed by atoms with van der Waals surface area (Å²) >= 11 is 0. The van der Waals surface area contributed by atoms with Crippen LogP contribution in [0.3, 0.4) is 0 Å². The van der Waals surface area contributed by atoms with Gasteiger partial charge in [0.15, 0.2) is 0 Å². The maximum atomic E-state index is 11.9. The van der Waals surface area contributed by atoms with E-state index in [0.29, 0.717) is 12.5 Å². The molecule has 0 aromatic rings. The number of nitrogens with one attached hydrogen (secondary N) is 1. The molecule has 0 rings (SSSR count). The Hall–Kier alpha value is -0.250. The Balaban J connectivity index is 3.61. The highest BCUT2D eigenvalue weighted by molar-refractivity contribution is 4.69. The Morgan fingerprint density at radius 2 is 1.67 bits per heavy atom. The van der Waals surface area contributed by atoms with Crippen molar-refractivity contribution in [3.8, 4) is 0 Å². The predicted octanol–water partition coefficient (Wildman–Crippen LogP) is 3.89. The molecule has 0 aromatic carbocycles. The zero-order chi connectivity index (χ0) is 11.9. The van der Waals surface area contributed by atoms with Crippen LogP contribution in [-0.4, -0.2) is 18.3 Å². The summed E-state index contributed by atoms with van der Waals surface area (Å²) in [5.74, 6) is 0. The smallest absolute Gasteiger partial charge is 0.312 e. The van der Waals surface area contributed by atoms with Gasteiger partial charge in [0.05, 0.1) is 0 Å². The number of rotatable bonds is 7. The van der Waals surface area contributed by atoms with E-state index >= 15 is 0 Å². The fourth-order valence-electron chi connectivity index (χ4n) is 1.62. The molecule has 0 aliphatic heterocycles. The molecule has 0 aliphatic rings. The van der Waals surface area contributed by atoms with Gasteiger partial charge in [-0.25, -0.2) is 0 Å². The first-order valence-electron chi connectivity index (χ1n) is 5.71. The average molecular weight is 225 g/mol. The van der Waals surface area contributed by atoms with Gasteiger partial charge < -0.3 is 5.32 Å². The zero-order valence-corrected chi connectivity index (χ0v) is 9.82. The Kier molecular flexibility index (Phi) is 6.98. The van der Waals surface area contributed by atoms with Gasteiger partial charge >= 0.3 is 6.18 Å². The van der Waals surface area contributed by atoms with Crippen LogP contribution in [0.4, 0.5) is 13.2 Å². The number of hydrogen-bond donors (Lipinski definition) is 1. The summed E-state index contributed by atoms with van der Waals surface area (Å²) in [6, 6.07) is 0.614. The Bertz CT molecular complexity index is 152. The molecule has 0 radical (unpaired) electrons. The summed E-state index contributed by atoms with van der Waals surface area (Å²) < 4.78 is 35.6. The highest BCUT2D eigenvalue weighted by Gasteiger charge is 2.26. The van der Waals surface area contributed by atoms with Crippen molar-refractivity contribution in [3.63, 3.8) is 0 Å². The van der Waals surface area contributed by atoms with Gasteiger partial charge in [-0.2, -0.15) is 13.2 Å². The Labute approximate surface area is 90.4 Å². The molecule has 0 amide bonds. The first kappa shape index (κ1) is 14.8. The quantitative estimate of drug-likeness (QED) is 0.693. The highest BCUT2D eigenvalue weighted by atomic mass is 19.4. The van der Waals surface area contributed by atoms with Crippen molar-refractivity contribution in [2.24, 2.45) is 0 Å². The minimum Gasteiger partial charge on any atom is -0.312 e. The predicted molar refractivity (Wildman–Crippen MR) is 56.9 cm³/mol. The van der Waals surface area contributed by atoms with Gasteiger partial charge in [-0.3, -0.25) is 0 Å². The Morgan fingerprint density at radius 3 is 2.07 bits per heavy atom. The van der Waals surface area contributed by atoms with Crippen LogP contribution in [-0.2, 0) is 0 Å². The topological polar surface area (TPSA) is 12.0 Å². The maximum absolute atomic E-state index is 11.9. The molecule has 0 saturated heterocycles. The molecule has 15 heavy (non-hydrogen) atoms. The second-order valence-electron chi connectivity index (χ2n) is 4.09. The summed E-state index contributed by atoms with van der Waals surface area (Å²) in [4.78, 5) is 0. The van der Waals surface area contributed by atoms with E-state index in [2.05, 4.69) is 19.2 Å². The monoisotopic (exact) mass is 225 g/mol. The first-order valence-corrected chi connectivity index (χ1v) is 5.71. The van der Waals surface area contributed by atoms with Crippen molar-refractivity contribution in [1.82, 2.24) is 5.32 Å². The van der Waals surface area contributed by atoms with Crippen LogP contribution in [0.2, 0.25) is 0 Å². The second-order valence-corrected chi connectivity index (χ2v) is 4.09. The molecule has 1 N–H and O–H groups in total. The summed E-state index contributed by atoms with van der Waals surface area (Å²) in [5, 5.41) is 3.34. The molecular formula is C11H22F3N. The standard InChI is InChI=1S/C11H22F3N/c1-4-10(5-2)15-9(3)7-6-8-11(12,13)14/h9-10,15H,4-8H2,1-3H3. The van der Waals surface area contributed by atoms with Crippen LogP contribution in [0, 0.1) is 0 Å². The summed E-state index contributed by atoms with van der Waals surface area (Å²) in [5.41, 5.74) is 0. The van der Waals surface area contributed by atoms with Crippen molar-refractivity contribution in [3.05, 3.63) is 0 Å². The largest absolute Gasteiger partial charge is 0.389 e. The molecule has 1 atom stereocenters. The minimum absolute atomic E-state index is 0.178. The van der Waals surface area contributed by atoms with E-state index in [1.165, 1.54) is 0 Å². The summed E-state index contributed by atoms with van der Waals surface area (Å²) in [6.45, 7) is 6.13. The first-order chi connectivity index (χ1) is 6.89. The Morgan fingerprint density at radius 1 is 1.13 bits per heavy atom. The molecule has 0 fully saturated rings. The molecule has 4 heteroatoms. The minimum atomic E-state index is -4.01. The highest BCUT2D eigenvalue weighted by Crippen LogP contribution is 2.22. The normalized spacial score (nSPS) is 14.6. The third-order valence-corrected chi connectivity index (χ3v) is 2.60. The molecule has 0 aromatic heterocycles. The molecule has 0 bridgehead atoms. The van der Waals surface area contributed by atoms with Crippen LogP contribution in [0.25, 0.3) is 0 Å². The third kappa shape index (κ3) is 8.73. The number of hydrogen-bond acceptors (Lipinski definition) is 1. The van der Waals surface area contributed by atoms with Crippen molar-refractivity contribution >= 4 is 0 Å². The number of halogens is 3. The van der Waals surface area contributed by atoms with Gasteiger partial charge in [0.25, 0.3) is 0 Å². The fraction of sp³-hybridized carbons (Fsp3) is 1.00. The van der Waals surface area contributed by atoms with E-state index in [9.17, 15) is 13.2 Å². The van der Waals surface area contributed by atoms with E-state index in [-0.39, 0.29) is 12.5 Å². The van der Waals surface area contributed by atoms with E-state index in [1.54, 1.807) is 0 Å². The van der Waals surface area contributed by atoms with Gasteiger partial charge in [-0.05, 0) is 32.6 Å². The number of alkyl halides is 3. The van der Waals surface area contributed by atoms with Crippen molar-refractivity contribution in [2.75, 3.05) is 0 Å². The van der Waals surface area contributed by atoms with Gasteiger partial charge in [0, 0.05) is 18.5 Å². The molecule has 1 nitrogen and oxygen atoms in total. The van der Waals surface area contributed by atoms with E-state index in [4.69, 9.17) is 0 Å². The molecule has 0 saturated carbocycles. The molecule has 0 spiro atoms. The van der Waals surface area contributed by atoms with Gasteiger partial charge in [-0.1, -0.05) is 13.8 Å². The lowest BCUT2D eigenvalue weighted by atomic mass is 10.1. The molecule has 1 unspecified atom stereocenters. The van der Waals surface area contributed by atoms with Crippen LogP contribution >= 0.6 is 0 Å². The van der Waals surface area contributed by atoms with Crippen molar-refractivity contribution < 1.29 is 13.2 Å². The van der Waals surface area contributed by atoms with Crippen molar-refractivity contribution in [1.29, 1.82) is 0 Å². The molecule has 0 aliphatic carbocycles. The van der Waals surface area contributed by atoms with Crippen LogP contribution < -0.4 is 5.32 Å². The summed E-state index contributed by atoms with van der Waals surface area (Å²) in [7, 11) is 0. The van der Waals surface area contributed by atoms with E-state index < -0.39 is 12.6 Å². The van der Waals surface area contributed by atoms with Crippen LogP contribution in [0.15, 0.2) is 0 Å². The third-order valence-electron chi connectivity index (χ3n) is 2.60. The molecule has 0 heterocycles. The SMILES string of the molecule is CCC(CC)NC(C)CCCC(F)(F)F. The van der Waals surface area contributed by atoms with Gasteiger partial charge in [0.1, 0.15) is 0 Å². The van der Waals surface area contributed by atoms with Gasteiger partial charge in [0.2, 0.25) is 0 Å². The zero-order valence-electron chi connectivity index (χ0n) is 9.82. The van der Waals surface area contributed by atoms with Gasteiger partial charge in [-0.15, -0.1) is 0 Å². The van der Waals surface area contributed by atoms with Crippen LogP contribution in [0.5, 0.6) is 0 Å². The average Bonchev–Trinajstić information content (AvgIpc) is 2.12. The van der Waals surface area contributed by atoms with Crippen molar-refractivity contribution in [2.45, 2.75) is 71.1 Å². The van der Waals surface area contributed by atoms with Crippen LogP contribution in [0.1, 0.15) is 52.9 Å². The second kappa shape index (κ2) is 7.09. The fourth-order valence-corrected chi connectivity index (χ4v) is 1.62. The molecular weight excluding hydrogens is 203 g/mol. The lowest BCUT2D eigenvalue weighted by Crippen LogP contribution is -2.35. The lowest BCUT2D eigenvalue weighted by Gasteiger charge is -2.21. The molecule has 92 valence electrons. The lowest BCUT2D eigenvalue weighted by molar-refractivity contribution is -0.135. The van der Waals surface area contributed by atoms with E-state index in [0.717, 1.165) is 12.8 Å². The van der Waals surface area contributed by atoms with E-state index in [1.807, 2.05) is 6.92 Å². The summed E-state index contributed by atoms with van der Waals surface area (Å²) in [6.07, 6.45) is -1.80. The maximum Gasteiger partial charge on any atom is 0.389 e.